The number of halogens is 3. The van der Waals surface area contributed by atoms with Crippen LogP contribution in [0.15, 0.2) is 79.0 Å². The monoisotopic (exact) mass is 577 g/mol. The van der Waals surface area contributed by atoms with Crippen LogP contribution in [0.4, 0.5) is 13.2 Å². The van der Waals surface area contributed by atoms with Crippen LogP contribution in [0.2, 0.25) is 0 Å². The van der Waals surface area contributed by atoms with Gasteiger partial charge in [0.1, 0.15) is 0 Å². The van der Waals surface area contributed by atoms with Gasteiger partial charge >= 0.3 is 6.18 Å². The Kier molecular flexibility index (Phi) is 4.08. The molecule has 1 nitrogen and oxygen atoms in total. The molecule has 0 saturated carbocycles. The second-order valence-corrected chi connectivity index (χ2v) is 7.42. The van der Waals surface area contributed by atoms with Crippen LogP contribution in [0, 0.1) is 6.07 Å². The second-order valence-electron chi connectivity index (χ2n) is 7.42. The number of rotatable bonds is 0. The molecule has 0 N–H and O–H groups in total. The van der Waals surface area contributed by atoms with Gasteiger partial charge in [0.15, 0.2) is 0 Å². The molecule has 0 fully saturated rings. The Labute approximate surface area is 185 Å². The van der Waals surface area contributed by atoms with Crippen molar-refractivity contribution in [2.24, 2.45) is 0 Å². The van der Waals surface area contributed by atoms with Crippen LogP contribution >= 0.6 is 0 Å². The van der Waals surface area contributed by atoms with E-state index >= 15 is 0 Å². The Hall–Kier alpha value is -2.75. The quantitative estimate of drug-likeness (QED) is 0.195. The van der Waals surface area contributed by atoms with Crippen molar-refractivity contribution >= 4 is 0 Å². The molecule has 1 aromatic heterocycles. The first kappa shape index (κ1) is 19.2. The molecule has 0 amide bonds. The fourth-order valence-corrected chi connectivity index (χ4v) is 5.02. The van der Waals surface area contributed by atoms with Gasteiger partial charge in [-0.05, 0) is 39.6 Å². The van der Waals surface area contributed by atoms with E-state index in [-0.39, 0.29) is 20.1 Å². The normalized spacial score (nSPS) is 14.5. The molecule has 4 aromatic rings. The smallest absolute Gasteiger partial charge is 0.304 e. The number of fused-ring (bicyclic) bond motifs is 10. The molecule has 1 heterocycles. The van der Waals surface area contributed by atoms with Crippen molar-refractivity contribution < 1.29 is 33.3 Å². The zero-order valence-electron chi connectivity index (χ0n) is 15.4. The fraction of sp³-hybridized carbons (Fsp3) is 0.0800. The molecule has 0 atom stereocenters. The average molecular weight is 577 g/mol. The van der Waals surface area contributed by atoms with Crippen molar-refractivity contribution in [1.82, 2.24) is 4.98 Å². The maximum Gasteiger partial charge on any atom is 0.381 e. The summed E-state index contributed by atoms with van der Waals surface area (Å²) in [6.45, 7) is 0. The maximum absolute atomic E-state index is 13.6. The van der Waals surface area contributed by atoms with Gasteiger partial charge in [0.25, 0.3) is 0 Å². The van der Waals surface area contributed by atoms with Crippen molar-refractivity contribution in [2.75, 3.05) is 0 Å². The SMILES string of the molecule is FC(F)(F)c1c[c-]c2c(c1)C1(c3ccccc3-c3ccccc31)c1cccnc1-2.[Ir]. The molecule has 0 aliphatic heterocycles. The first-order valence-corrected chi connectivity index (χ1v) is 9.31. The van der Waals surface area contributed by atoms with Gasteiger partial charge < -0.3 is 4.98 Å². The Morgan fingerprint density at radius 1 is 0.767 bits per heavy atom. The minimum atomic E-state index is -4.44. The molecule has 3 aromatic carbocycles. The standard InChI is InChI=1S/C25H13F3N.Ir/c26-25(27,28)15-11-12-18-22(14-15)24(21-10-5-13-29-23(18)21)19-8-3-1-6-16(19)17-7-2-4-9-20(17)24;/h1-11,13-14H;/q-1;. The van der Waals surface area contributed by atoms with Crippen LogP contribution in [0.3, 0.4) is 0 Å². The number of benzene rings is 3. The number of alkyl halides is 3. The van der Waals surface area contributed by atoms with Gasteiger partial charge in [-0.15, -0.1) is 29.3 Å². The van der Waals surface area contributed by atoms with E-state index in [1.54, 1.807) is 6.20 Å². The molecule has 2 aliphatic carbocycles. The molecular formula is C25H13F3IrN-. The molecule has 0 unspecified atom stereocenters. The topological polar surface area (TPSA) is 12.9 Å². The van der Waals surface area contributed by atoms with E-state index in [1.807, 2.05) is 60.7 Å². The summed E-state index contributed by atoms with van der Waals surface area (Å²) < 4.78 is 40.9. The predicted molar refractivity (Wildman–Crippen MR) is 104 cm³/mol. The van der Waals surface area contributed by atoms with Crippen LogP contribution in [-0.4, -0.2) is 4.98 Å². The number of pyridine rings is 1. The van der Waals surface area contributed by atoms with Crippen molar-refractivity contribution in [3.63, 3.8) is 0 Å². The predicted octanol–water partition coefficient (Wildman–Crippen LogP) is 6.24. The average Bonchev–Trinajstić information content (AvgIpc) is 3.20. The van der Waals surface area contributed by atoms with Gasteiger partial charge in [-0.25, -0.2) is 0 Å². The zero-order valence-corrected chi connectivity index (χ0v) is 17.8. The summed E-state index contributed by atoms with van der Waals surface area (Å²) in [7, 11) is 0. The summed E-state index contributed by atoms with van der Waals surface area (Å²) in [5.41, 5.74) is 5.40. The summed E-state index contributed by atoms with van der Waals surface area (Å²) in [6.07, 6.45) is -2.76. The van der Waals surface area contributed by atoms with Gasteiger partial charge in [0.05, 0.1) is 0 Å². The van der Waals surface area contributed by atoms with E-state index in [4.69, 9.17) is 0 Å². The molecule has 30 heavy (non-hydrogen) atoms. The second kappa shape index (κ2) is 6.37. The summed E-state index contributed by atoms with van der Waals surface area (Å²) in [6, 6.07) is 25.0. The van der Waals surface area contributed by atoms with Crippen molar-refractivity contribution in [2.45, 2.75) is 11.6 Å². The number of hydrogen-bond donors (Lipinski definition) is 0. The molecule has 149 valence electrons. The molecule has 0 bridgehead atoms. The van der Waals surface area contributed by atoms with Gasteiger partial charge in [-0.1, -0.05) is 60.2 Å². The minimum Gasteiger partial charge on any atom is -0.304 e. The zero-order chi connectivity index (χ0) is 19.8. The Balaban J connectivity index is 0.00000193. The summed E-state index contributed by atoms with van der Waals surface area (Å²) in [5.74, 6) is 0. The summed E-state index contributed by atoms with van der Waals surface area (Å²) in [5, 5.41) is 0. The van der Waals surface area contributed by atoms with E-state index in [0.717, 1.165) is 33.9 Å². The molecule has 1 spiro atoms. The van der Waals surface area contributed by atoms with Crippen LogP contribution in [0.25, 0.3) is 22.4 Å². The van der Waals surface area contributed by atoms with Crippen LogP contribution in [0.5, 0.6) is 0 Å². The minimum absolute atomic E-state index is 0. The first-order chi connectivity index (χ1) is 14.0. The number of hydrogen-bond acceptors (Lipinski definition) is 1. The third kappa shape index (κ3) is 2.25. The van der Waals surface area contributed by atoms with Gasteiger partial charge in [-0.2, -0.15) is 13.2 Å². The molecule has 1 radical (unpaired) electrons. The van der Waals surface area contributed by atoms with Gasteiger partial charge in [-0.3, -0.25) is 0 Å². The largest absolute Gasteiger partial charge is 0.381 e. The molecule has 6 rings (SSSR count). The van der Waals surface area contributed by atoms with E-state index < -0.39 is 17.2 Å². The van der Waals surface area contributed by atoms with E-state index in [2.05, 4.69) is 11.1 Å². The molecule has 2 aliphatic rings. The Morgan fingerprint density at radius 3 is 2.00 bits per heavy atom. The molecule has 0 saturated heterocycles. The van der Waals surface area contributed by atoms with E-state index in [9.17, 15) is 13.2 Å². The van der Waals surface area contributed by atoms with Crippen LogP contribution in [-0.2, 0) is 31.7 Å². The fourth-order valence-electron chi connectivity index (χ4n) is 5.02. The molecule has 5 heteroatoms. The van der Waals surface area contributed by atoms with Crippen molar-refractivity contribution in [1.29, 1.82) is 0 Å². The van der Waals surface area contributed by atoms with Crippen molar-refractivity contribution in [3.8, 4) is 22.4 Å². The van der Waals surface area contributed by atoms with Gasteiger partial charge in [0.2, 0.25) is 0 Å². The van der Waals surface area contributed by atoms with Crippen LogP contribution < -0.4 is 0 Å². The third-order valence-electron chi connectivity index (χ3n) is 6.07. The van der Waals surface area contributed by atoms with Gasteiger partial charge in [0, 0.05) is 31.7 Å². The summed E-state index contributed by atoms with van der Waals surface area (Å²) >= 11 is 0. The van der Waals surface area contributed by atoms with Crippen molar-refractivity contribution in [3.05, 3.63) is 113 Å². The van der Waals surface area contributed by atoms with E-state index in [0.29, 0.717) is 16.8 Å². The number of nitrogens with zero attached hydrogens (tertiary/aromatic N) is 1. The van der Waals surface area contributed by atoms with E-state index in [1.165, 1.54) is 6.07 Å². The van der Waals surface area contributed by atoms with Crippen LogP contribution in [0.1, 0.15) is 27.8 Å². The third-order valence-corrected chi connectivity index (χ3v) is 6.07. The molecular weight excluding hydrogens is 563 g/mol. The maximum atomic E-state index is 13.6. The first-order valence-electron chi connectivity index (χ1n) is 9.31. The number of aromatic nitrogens is 1. The summed E-state index contributed by atoms with van der Waals surface area (Å²) in [4.78, 5) is 4.54. The Morgan fingerprint density at radius 2 is 1.37 bits per heavy atom. The Bertz CT molecular complexity index is 1250.